The number of anilines is 1. The van der Waals surface area contributed by atoms with Gasteiger partial charge in [0.05, 0.1) is 0 Å². The van der Waals surface area contributed by atoms with Crippen molar-refractivity contribution in [3.8, 4) is 0 Å². The second-order valence-corrected chi connectivity index (χ2v) is 6.56. The minimum atomic E-state index is -0.324. The number of pyridine rings is 1. The van der Waals surface area contributed by atoms with Gasteiger partial charge in [-0.05, 0) is 29.8 Å². The molecule has 1 aromatic heterocycles. The standard InChI is InChI=1S/C20H23FN4O2/c1-16(26)25(14-17-5-7-18(21)8-6-17)15-20(27)24-12-10-23(11-13-24)19-4-2-3-9-22-19/h2-9H,10-15H2,1H3. The first-order valence-corrected chi connectivity index (χ1v) is 8.96. The third-order valence-electron chi connectivity index (χ3n) is 4.66. The summed E-state index contributed by atoms with van der Waals surface area (Å²) in [4.78, 5) is 34.3. The lowest BCUT2D eigenvalue weighted by Crippen LogP contribution is -2.51. The summed E-state index contributed by atoms with van der Waals surface area (Å²) in [5.41, 5.74) is 0.791. The minimum Gasteiger partial charge on any atom is -0.353 e. The van der Waals surface area contributed by atoms with E-state index in [1.165, 1.54) is 24.0 Å². The molecule has 0 atom stereocenters. The van der Waals surface area contributed by atoms with Crippen LogP contribution in [0.2, 0.25) is 0 Å². The van der Waals surface area contributed by atoms with Crippen LogP contribution in [0.4, 0.5) is 10.2 Å². The van der Waals surface area contributed by atoms with Gasteiger partial charge in [0.15, 0.2) is 0 Å². The van der Waals surface area contributed by atoms with Crippen LogP contribution in [0.25, 0.3) is 0 Å². The van der Waals surface area contributed by atoms with Crippen molar-refractivity contribution in [2.75, 3.05) is 37.6 Å². The molecule has 2 heterocycles. The molecule has 0 spiro atoms. The number of hydrogen-bond acceptors (Lipinski definition) is 4. The highest BCUT2D eigenvalue weighted by Crippen LogP contribution is 2.13. The Hall–Kier alpha value is -2.96. The van der Waals surface area contributed by atoms with Gasteiger partial charge in [0.1, 0.15) is 18.2 Å². The van der Waals surface area contributed by atoms with Gasteiger partial charge in [-0.1, -0.05) is 18.2 Å². The molecule has 1 aliphatic heterocycles. The number of hydrogen-bond donors (Lipinski definition) is 0. The van der Waals surface area contributed by atoms with Gasteiger partial charge < -0.3 is 14.7 Å². The molecule has 2 aromatic rings. The number of benzene rings is 1. The SMILES string of the molecule is CC(=O)N(CC(=O)N1CCN(c2ccccn2)CC1)Cc1ccc(F)cc1. The molecule has 1 saturated heterocycles. The zero-order valence-corrected chi connectivity index (χ0v) is 15.3. The highest BCUT2D eigenvalue weighted by molar-refractivity contribution is 5.84. The maximum absolute atomic E-state index is 13.0. The van der Waals surface area contributed by atoms with E-state index >= 15 is 0 Å². The Balaban J connectivity index is 1.55. The average molecular weight is 370 g/mol. The number of halogens is 1. The van der Waals surface area contributed by atoms with Crippen LogP contribution in [-0.4, -0.2) is 59.3 Å². The quantitative estimate of drug-likeness (QED) is 0.807. The van der Waals surface area contributed by atoms with Gasteiger partial charge in [0.25, 0.3) is 0 Å². The lowest BCUT2D eigenvalue weighted by Gasteiger charge is -2.36. The summed E-state index contributed by atoms with van der Waals surface area (Å²) < 4.78 is 13.0. The van der Waals surface area contributed by atoms with Crippen molar-refractivity contribution in [1.29, 1.82) is 0 Å². The summed E-state index contributed by atoms with van der Waals surface area (Å²) in [6.07, 6.45) is 1.76. The molecule has 0 aliphatic carbocycles. The van der Waals surface area contributed by atoms with Crippen molar-refractivity contribution < 1.29 is 14.0 Å². The zero-order valence-electron chi connectivity index (χ0n) is 15.3. The van der Waals surface area contributed by atoms with Crippen LogP contribution in [0, 0.1) is 5.82 Å². The largest absolute Gasteiger partial charge is 0.353 e. The number of aromatic nitrogens is 1. The highest BCUT2D eigenvalue weighted by atomic mass is 19.1. The summed E-state index contributed by atoms with van der Waals surface area (Å²) in [7, 11) is 0. The Morgan fingerprint density at radius 1 is 1.07 bits per heavy atom. The number of amides is 2. The Labute approximate surface area is 158 Å². The van der Waals surface area contributed by atoms with E-state index in [4.69, 9.17) is 0 Å². The molecule has 0 radical (unpaired) electrons. The van der Waals surface area contributed by atoms with Crippen molar-refractivity contribution in [1.82, 2.24) is 14.8 Å². The fourth-order valence-electron chi connectivity index (χ4n) is 3.08. The van der Waals surface area contributed by atoms with E-state index in [1.54, 1.807) is 23.2 Å². The summed E-state index contributed by atoms with van der Waals surface area (Å²) in [5.74, 6) is 0.328. The van der Waals surface area contributed by atoms with Gasteiger partial charge in [-0.2, -0.15) is 0 Å². The van der Waals surface area contributed by atoms with E-state index in [9.17, 15) is 14.0 Å². The lowest BCUT2D eigenvalue weighted by molar-refractivity contribution is -0.140. The van der Waals surface area contributed by atoms with Crippen molar-refractivity contribution in [2.45, 2.75) is 13.5 Å². The van der Waals surface area contributed by atoms with E-state index in [-0.39, 0.29) is 30.7 Å². The van der Waals surface area contributed by atoms with Gasteiger partial charge in [0, 0.05) is 45.8 Å². The van der Waals surface area contributed by atoms with E-state index in [1.807, 2.05) is 18.2 Å². The summed E-state index contributed by atoms with van der Waals surface area (Å²) in [6.45, 7) is 4.36. The van der Waals surface area contributed by atoms with E-state index in [0.717, 1.165) is 11.4 Å². The Kier molecular flexibility index (Phi) is 6.01. The molecule has 1 fully saturated rings. The van der Waals surface area contributed by atoms with Crippen molar-refractivity contribution >= 4 is 17.6 Å². The first kappa shape index (κ1) is 18.8. The third-order valence-corrected chi connectivity index (χ3v) is 4.66. The molecule has 1 aromatic carbocycles. The zero-order chi connectivity index (χ0) is 19.2. The van der Waals surface area contributed by atoms with Crippen LogP contribution in [0.5, 0.6) is 0 Å². The molecule has 3 rings (SSSR count). The van der Waals surface area contributed by atoms with E-state index < -0.39 is 0 Å². The molecular weight excluding hydrogens is 347 g/mol. The maximum Gasteiger partial charge on any atom is 0.242 e. The smallest absolute Gasteiger partial charge is 0.242 e. The molecule has 2 amide bonds. The van der Waals surface area contributed by atoms with Crippen LogP contribution < -0.4 is 4.90 Å². The number of carbonyl (C=O) groups is 2. The first-order valence-electron chi connectivity index (χ1n) is 8.96. The van der Waals surface area contributed by atoms with Gasteiger partial charge >= 0.3 is 0 Å². The lowest BCUT2D eigenvalue weighted by atomic mass is 10.2. The molecule has 0 unspecified atom stereocenters. The highest BCUT2D eigenvalue weighted by Gasteiger charge is 2.24. The number of rotatable bonds is 5. The number of carbonyl (C=O) groups excluding carboxylic acids is 2. The first-order chi connectivity index (χ1) is 13.0. The fourth-order valence-corrected chi connectivity index (χ4v) is 3.08. The molecule has 1 aliphatic rings. The predicted octanol–water partition coefficient (Wildman–Crippen LogP) is 1.92. The summed E-state index contributed by atoms with van der Waals surface area (Å²) >= 11 is 0. The van der Waals surface area contributed by atoms with Crippen LogP contribution in [0.15, 0.2) is 48.7 Å². The van der Waals surface area contributed by atoms with Gasteiger partial charge in [0.2, 0.25) is 11.8 Å². The van der Waals surface area contributed by atoms with Crippen LogP contribution in [0.3, 0.4) is 0 Å². The third kappa shape index (κ3) is 5.03. The van der Waals surface area contributed by atoms with Crippen LogP contribution in [0.1, 0.15) is 12.5 Å². The summed E-state index contributed by atoms with van der Waals surface area (Å²) in [6, 6.07) is 11.7. The fraction of sp³-hybridized carbons (Fsp3) is 0.350. The molecule has 0 N–H and O–H groups in total. The van der Waals surface area contributed by atoms with Crippen LogP contribution >= 0.6 is 0 Å². The molecule has 142 valence electrons. The van der Waals surface area contributed by atoms with Crippen LogP contribution in [-0.2, 0) is 16.1 Å². The Morgan fingerprint density at radius 2 is 1.78 bits per heavy atom. The molecule has 6 nitrogen and oxygen atoms in total. The maximum atomic E-state index is 13.0. The number of nitrogens with zero attached hydrogens (tertiary/aromatic N) is 4. The molecular formula is C20H23FN4O2. The van der Waals surface area contributed by atoms with Gasteiger partial charge in [-0.15, -0.1) is 0 Å². The van der Waals surface area contributed by atoms with Gasteiger partial charge in [-0.3, -0.25) is 9.59 Å². The topological polar surface area (TPSA) is 56.8 Å². The normalized spacial score (nSPS) is 14.1. The molecule has 0 bridgehead atoms. The second kappa shape index (κ2) is 8.62. The van der Waals surface area contributed by atoms with E-state index in [2.05, 4.69) is 9.88 Å². The molecule has 7 heteroatoms. The summed E-state index contributed by atoms with van der Waals surface area (Å²) in [5, 5.41) is 0. The second-order valence-electron chi connectivity index (χ2n) is 6.56. The van der Waals surface area contributed by atoms with E-state index in [0.29, 0.717) is 26.2 Å². The monoisotopic (exact) mass is 370 g/mol. The number of piperazine rings is 1. The average Bonchev–Trinajstić information content (AvgIpc) is 2.69. The molecule has 0 saturated carbocycles. The van der Waals surface area contributed by atoms with Crippen molar-refractivity contribution in [3.05, 3.63) is 60.0 Å². The van der Waals surface area contributed by atoms with Gasteiger partial charge in [-0.25, -0.2) is 9.37 Å². The predicted molar refractivity (Wildman–Crippen MR) is 101 cm³/mol. The van der Waals surface area contributed by atoms with Crippen molar-refractivity contribution in [3.63, 3.8) is 0 Å². The minimum absolute atomic E-state index is 0.0241. The molecule has 27 heavy (non-hydrogen) atoms. The Bertz CT molecular complexity index is 774. The Morgan fingerprint density at radius 3 is 2.37 bits per heavy atom. The van der Waals surface area contributed by atoms with Crippen molar-refractivity contribution in [2.24, 2.45) is 0 Å².